The highest BCUT2D eigenvalue weighted by atomic mass is 16.6. The summed E-state index contributed by atoms with van der Waals surface area (Å²) in [6.07, 6.45) is 2.04. The van der Waals surface area contributed by atoms with Gasteiger partial charge in [0.1, 0.15) is 5.75 Å². The molecule has 0 fully saturated rings. The predicted octanol–water partition coefficient (Wildman–Crippen LogP) is 3.98. The van der Waals surface area contributed by atoms with E-state index in [1.54, 1.807) is 19.2 Å². The number of nitro groups is 1. The maximum absolute atomic E-state index is 11.0. The zero-order valence-corrected chi connectivity index (χ0v) is 14.5. The van der Waals surface area contributed by atoms with Gasteiger partial charge in [-0.3, -0.25) is 10.1 Å². The smallest absolute Gasteiger partial charge is 0.272 e. The molecule has 0 atom stereocenters. The lowest BCUT2D eigenvalue weighted by atomic mass is 10.1. The van der Waals surface area contributed by atoms with Gasteiger partial charge in [0.15, 0.2) is 0 Å². The fourth-order valence-corrected chi connectivity index (χ4v) is 2.75. The molecule has 0 heterocycles. The number of hydrogen-bond acceptors (Lipinski definition) is 4. The first-order valence-electron chi connectivity index (χ1n) is 8.05. The molecule has 0 amide bonds. The average molecular weight is 328 g/mol. The van der Waals surface area contributed by atoms with Crippen molar-refractivity contribution in [2.75, 3.05) is 20.7 Å². The monoisotopic (exact) mass is 328 g/mol. The molecule has 0 bridgehead atoms. The maximum Gasteiger partial charge on any atom is 0.272 e. The van der Waals surface area contributed by atoms with Crippen LogP contribution in [-0.4, -0.2) is 30.5 Å². The predicted molar refractivity (Wildman–Crippen MR) is 95.5 cm³/mol. The van der Waals surface area contributed by atoms with Crippen LogP contribution < -0.4 is 4.74 Å². The standard InChI is InChI=1S/C19H24N2O3/c1-15-17(7-4-8-19(15)21(22)23)14-20(2)13-5-6-16-9-11-18(24-3)12-10-16/h4,7-12H,5-6,13-14H2,1-3H3. The lowest BCUT2D eigenvalue weighted by molar-refractivity contribution is -0.385. The number of rotatable bonds is 8. The van der Waals surface area contributed by atoms with Crippen LogP contribution in [0.2, 0.25) is 0 Å². The van der Waals surface area contributed by atoms with Crippen molar-refractivity contribution in [2.24, 2.45) is 0 Å². The Hall–Kier alpha value is -2.40. The number of hydrogen-bond donors (Lipinski definition) is 0. The average Bonchev–Trinajstić information content (AvgIpc) is 2.57. The molecule has 0 aliphatic heterocycles. The molecule has 5 nitrogen and oxygen atoms in total. The molecular weight excluding hydrogens is 304 g/mol. The Balaban J connectivity index is 1.86. The molecule has 5 heteroatoms. The number of nitrogens with zero attached hydrogens (tertiary/aromatic N) is 2. The van der Waals surface area contributed by atoms with Crippen molar-refractivity contribution >= 4 is 5.69 Å². The third-order valence-electron chi connectivity index (χ3n) is 4.22. The number of ether oxygens (including phenoxy) is 1. The highest BCUT2D eigenvalue weighted by molar-refractivity contribution is 5.44. The lowest BCUT2D eigenvalue weighted by Gasteiger charge is -2.18. The summed E-state index contributed by atoms with van der Waals surface area (Å²) >= 11 is 0. The number of benzene rings is 2. The van der Waals surface area contributed by atoms with E-state index in [4.69, 9.17) is 4.74 Å². The van der Waals surface area contributed by atoms with Crippen LogP contribution in [-0.2, 0) is 13.0 Å². The van der Waals surface area contributed by atoms with E-state index >= 15 is 0 Å². The van der Waals surface area contributed by atoms with Crippen molar-refractivity contribution in [1.29, 1.82) is 0 Å². The summed E-state index contributed by atoms with van der Waals surface area (Å²) in [6, 6.07) is 13.4. The van der Waals surface area contributed by atoms with Crippen molar-refractivity contribution in [3.05, 3.63) is 69.3 Å². The molecular formula is C19H24N2O3. The van der Waals surface area contributed by atoms with Gasteiger partial charge in [0.2, 0.25) is 0 Å². The van der Waals surface area contributed by atoms with Gasteiger partial charge in [0, 0.05) is 18.2 Å². The van der Waals surface area contributed by atoms with Gasteiger partial charge in [-0.15, -0.1) is 0 Å². The van der Waals surface area contributed by atoms with Gasteiger partial charge in [-0.1, -0.05) is 24.3 Å². The second kappa shape index (κ2) is 8.45. The minimum Gasteiger partial charge on any atom is -0.497 e. The summed E-state index contributed by atoms with van der Waals surface area (Å²) in [6.45, 7) is 3.48. The first-order valence-corrected chi connectivity index (χ1v) is 8.05. The van der Waals surface area contributed by atoms with E-state index in [0.717, 1.165) is 42.8 Å². The van der Waals surface area contributed by atoms with Crippen LogP contribution >= 0.6 is 0 Å². The van der Waals surface area contributed by atoms with Crippen molar-refractivity contribution in [3.63, 3.8) is 0 Å². The molecule has 0 aliphatic rings. The van der Waals surface area contributed by atoms with Crippen molar-refractivity contribution in [2.45, 2.75) is 26.3 Å². The Kier molecular flexibility index (Phi) is 6.32. The van der Waals surface area contributed by atoms with Gasteiger partial charge in [-0.2, -0.15) is 0 Å². The summed E-state index contributed by atoms with van der Waals surface area (Å²) < 4.78 is 5.16. The molecule has 2 rings (SSSR count). The molecule has 0 aromatic heterocycles. The maximum atomic E-state index is 11.0. The summed E-state index contributed by atoms with van der Waals surface area (Å²) in [5, 5.41) is 11.0. The summed E-state index contributed by atoms with van der Waals surface area (Å²) in [7, 11) is 3.71. The highest BCUT2D eigenvalue weighted by Crippen LogP contribution is 2.22. The minimum absolute atomic E-state index is 0.194. The first-order chi connectivity index (χ1) is 11.5. The third-order valence-corrected chi connectivity index (χ3v) is 4.22. The molecule has 0 spiro atoms. The van der Waals surface area contributed by atoms with Crippen LogP contribution in [0.4, 0.5) is 5.69 Å². The van der Waals surface area contributed by atoms with Crippen molar-refractivity contribution in [1.82, 2.24) is 4.90 Å². The van der Waals surface area contributed by atoms with Gasteiger partial charge < -0.3 is 9.64 Å². The molecule has 2 aromatic rings. The van der Waals surface area contributed by atoms with Crippen molar-refractivity contribution < 1.29 is 9.66 Å². The van der Waals surface area contributed by atoms with E-state index in [1.807, 2.05) is 32.2 Å². The molecule has 0 radical (unpaired) electrons. The Morgan fingerprint density at radius 2 is 1.88 bits per heavy atom. The van der Waals surface area contributed by atoms with Crippen LogP contribution in [0.25, 0.3) is 0 Å². The molecule has 0 aliphatic carbocycles. The largest absolute Gasteiger partial charge is 0.497 e. The summed E-state index contributed by atoms with van der Waals surface area (Å²) in [4.78, 5) is 12.9. The van der Waals surface area contributed by atoms with Gasteiger partial charge in [-0.05, 0) is 56.6 Å². The topological polar surface area (TPSA) is 55.6 Å². The molecule has 0 unspecified atom stereocenters. The summed E-state index contributed by atoms with van der Waals surface area (Å²) in [5.74, 6) is 0.872. The second-order valence-corrected chi connectivity index (χ2v) is 6.01. The molecule has 24 heavy (non-hydrogen) atoms. The van der Waals surface area contributed by atoms with E-state index < -0.39 is 0 Å². The zero-order valence-electron chi connectivity index (χ0n) is 14.5. The summed E-state index contributed by atoms with van der Waals surface area (Å²) in [5.41, 5.74) is 3.25. The Bertz CT molecular complexity index is 684. The molecule has 0 N–H and O–H groups in total. The van der Waals surface area contributed by atoms with Crippen LogP contribution in [0, 0.1) is 17.0 Å². The van der Waals surface area contributed by atoms with E-state index in [1.165, 1.54) is 5.56 Å². The minimum atomic E-state index is -0.317. The van der Waals surface area contributed by atoms with Gasteiger partial charge >= 0.3 is 0 Å². The Morgan fingerprint density at radius 3 is 2.50 bits per heavy atom. The lowest BCUT2D eigenvalue weighted by Crippen LogP contribution is -2.20. The number of aryl methyl sites for hydroxylation is 1. The number of methoxy groups -OCH3 is 1. The SMILES string of the molecule is COc1ccc(CCCN(C)Cc2cccc([N+](=O)[O-])c2C)cc1. The van der Waals surface area contributed by atoms with Gasteiger partial charge in [-0.25, -0.2) is 0 Å². The Morgan fingerprint density at radius 1 is 1.17 bits per heavy atom. The van der Waals surface area contributed by atoms with Crippen LogP contribution in [0.15, 0.2) is 42.5 Å². The van der Waals surface area contributed by atoms with Crippen LogP contribution in [0.5, 0.6) is 5.75 Å². The molecule has 0 saturated carbocycles. The highest BCUT2D eigenvalue weighted by Gasteiger charge is 2.14. The fraction of sp³-hybridized carbons (Fsp3) is 0.368. The van der Waals surface area contributed by atoms with E-state index in [9.17, 15) is 10.1 Å². The fourth-order valence-electron chi connectivity index (χ4n) is 2.75. The van der Waals surface area contributed by atoms with E-state index in [2.05, 4.69) is 17.0 Å². The van der Waals surface area contributed by atoms with Crippen LogP contribution in [0.3, 0.4) is 0 Å². The quantitative estimate of drug-likeness (QED) is 0.543. The van der Waals surface area contributed by atoms with Gasteiger partial charge in [0.25, 0.3) is 5.69 Å². The van der Waals surface area contributed by atoms with E-state index in [0.29, 0.717) is 0 Å². The molecule has 128 valence electrons. The van der Waals surface area contributed by atoms with Crippen LogP contribution in [0.1, 0.15) is 23.1 Å². The molecule has 2 aromatic carbocycles. The second-order valence-electron chi connectivity index (χ2n) is 6.01. The first kappa shape index (κ1) is 17.9. The third kappa shape index (κ3) is 4.80. The van der Waals surface area contributed by atoms with E-state index in [-0.39, 0.29) is 10.6 Å². The van der Waals surface area contributed by atoms with Crippen molar-refractivity contribution in [3.8, 4) is 5.75 Å². The number of nitro benzene ring substituents is 1. The molecule has 0 saturated heterocycles. The zero-order chi connectivity index (χ0) is 17.5. The van der Waals surface area contributed by atoms with Gasteiger partial charge in [0.05, 0.1) is 12.0 Å². The normalized spacial score (nSPS) is 10.8. The Labute approximate surface area is 143 Å².